The smallest absolute Gasteiger partial charge is 0.0631 e. The number of nitrogens with zero attached hydrogens (tertiary/aromatic N) is 1. The van der Waals surface area contributed by atoms with Crippen LogP contribution in [0.15, 0.2) is 0 Å². The van der Waals surface area contributed by atoms with Gasteiger partial charge in [-0.25, -0.2) is 0 Å². The Kier molecular flexibility index (Phi) is 4.38. The van der Waals surface area contributed by atoms with E-state index in [1.807, 2.05) is 0 Å². The molecule has 1 heterocycles. The fraction of sp³-hybridized carbons (Fsp3) is 1.00. The fourth-order valence-electron chi connectivity index (χ4n) is 3.80. The summed E-state index contributed by atoms with van der Waals surface area (Å²) in [6.45, 7) is 12.8. The van der Waals surface area contributed by atoms with E-state index in [4.69, 9.17) is 0 Å². The van der Waals surface area contributed by atoms with Crippen LogP contribution in [0.4, 0.5) is 0 Å². The molecule has 1 aliphatic heterocycles. The van der Waals surface area contributed by atoms with E-state index in [1.54, 1.807) is 0 Å². The Morgan fingerprint density at radius 3 is 2.56 bits per heavy atom. The molecule has 1 aliphatic carbocycles. The highest BCUT2D eigenvalue weighted by Crippen LogP contribution is 2.39. The molecule has 2 rings (SSSR count). The van der Waals surface area contributed by atoms with Gasteiger partial charge in [-0.05, 0) is 49.0 Å². The summed E-state index contributed by atoms with van der Waals surface area (Å²) in [4.78, 5) is 2.60. The minimum Gasteiger partial charge on any atom is -0.392 e. The Morgan fingerprint density at radius 2 is 1.89 bits per heavy atom. The van der Waals surface area contributed by atoms with Crippen molar-refractivity contribution < 1.29 is 5.11 Å². The second-order valence-corrected chi connectivity index (χ2v) is 7.59. The second-order valence-electron chi connectivity index (χ2n) is 7.59. The number of aliphatic hydroxyl groups excluding tert-OH is 1. The normalized spacial score (nSPS) is 41.8. The highest BCUT2D eigenvalue weighted by atomic mass is 16.3. The van der Waals surface area contributed by atoms with Gasteiger partial charge in [-0.2, -0.15) is 0 Å². The first-order valence-electron chi connectivity index (χ1n) is 7.80. The van der Waals surface area contributed by atoms with E-state index in [2.05, 4.69) is 32.6 Å². The van der Waals surface area contributed by atoms with Crippen molar-refractivity contribution in [2.45, 2.75) is 59.5 Å². The van der Waals surface area contributed by atoms with Crippen LogP contribution < -0.4 is 0 Å². The van der Waals surface area contributed by atoms with Gasteiger partial charge in [-0.1, -0.05) is 34.1 Å². The number of likely N-dealkylation sites (tertiary alicyclic amines) is 1. The Hall–Kier alpha value is -0.0800. The third kappa shape index (κ3) is 3.08. The van der Waals surface area contributed by atoms with Gasteiger partial charge >= 0.3 is 0 Å². The monoisotopic (exact) mass is 253 g/mol. The van der Waals surface area contributed by atoms with Gasteiger partial charge in [0.15, 0.2) is 0 Å². The first-order valence-corrected chi connectivity index (χ1v) is 7.80. The molecule has 0 spiro atoms. The van der Waals surface area contributed by atoms with Crippen molar-refractivity contribution in [3.05, 3.63) is 0 Å². The van der Waals surface area contributed by atoms with E-state index in [-0.39, 0.29) is 11.5 Å². The van der Waals surface area contributed by atoms with Gasteiger partial charge in [0.05, 0.1) is 6.10 Å². The molecule has 0 amide bonds. The van der Waals surface area contributed by atoms with Crippen molar-refractivity contribution in [3.63, 3.8) is 0 Å². The summed E-state index contributed by atoms with van der Waals surface area (Å²) in [5, 5.41) is 10.5. The van der Waals surface area contributed by atoms with Crippen molar-refractivity contribution in [3.8, 4) is 0 Å². The standard InChI is InChI=1S/C16H31NO/c1-12-7-9-17(10-13(12)2)11-14-6-5-8-16(3,4)15(14)18/h12-15,18H,5-11H2,1-4H3. The van der Waals surface area contributed by atoms with Gasteiger partial charge in [0.1, 0.15) is 0 Å². The average Bonchev–Trinajstić information content (AvgIpc) is 2.30. The van der Waals surface area contributed by atoms with Gasteiger partial charge in [0.25, 0.3) is 0 Å². The van der Waals surface area contributed by atoms with Gasteiger partial charge in [-0.3, -0.25) is 0 Å². The lowest BCUT2D eigenvalue weighted by Crippen LogP contribution is -2.48. The molecule has 0 aromatic heterocycles. The van der Waals surface area contributed by atoms with Crippen LogP contribution in [-0.4, -0.2) is 35.7 Å². The molecule has 1 N–H and O–H groups in total. The number of hydrogen-bond acceptors (Lipinski definition) is 2. The van der Waals surface area contributed by atoms with Crippen LogP contribution in [0.2, 0.25) is 0 Å². The first kappa shape index (κ1) is 14.3. The maximum absolute atomic E-state index is 10.5. The van der Waals surface area contributed by atoms with Gasteiger partial charge in [0.2, 0.25) is 0 Å². The molecule has 1 saturated heterocycles. The molecule has 0 radical (unpaired) electrons. The molecule has 2 aliphatic rings. The van der Waals surface area contributed by atoms with Crippen molar-refractivity contribution in [1.82, 2.24) is 4.90 Å². The van der Waals surface area contributed by atoms with Crippen LogP contribution in [-0.2, 0) is 0 Å². The summed E-state index contributed by atoms with van der Waals surface area (Å²) >= 11 is 0. The molecule has 2 nitrogen and oxygen atoms in total. The summed E-state index contributed by atoms with van der Waals surface area (Å²) in [7, 11) is 0. The first-order chi connectivity index (χ1) is 8.40. The molecule has 4 unspecified atom stereocenters. The number of hydrogen-bond donors (Lipinski definition) is 1. The minimum atomic E-state index is -0.110. The molecular weight excluding hydrogens is 222 g/mol. The molecule has 2 fully saturated rings. The molecule has 2 heteroatoms. The topological polar surface area (TPSA) is 23.5 Å². The molecule has 0 aromatic carbocycles. The number of rotatable bonds is 2. The van der Waals surface area contributed by atoms with E-state index in [1.165, 1.54) is 38.8 Å². The maximum atomic E-state index is 10.5. The number of aliphatic hydroxyl groups is 1. The zero-order valence-corrected chi connectivity index (χ0v) is 12.7. The van der Waals surface area contributed by atoms with Crippen molar-refractivity contribution >= 4 is 0 Å². The van der Waals surface area contributed by atoms with E-state index in [0.717, 1.165) is 18.4 Å². The van der Waals surface area contributed by atoms with Gasteiger partial charge < -0.3 is 10.0 Å². The maximum Gasteiger partial charge on any atom is 0.0631 e. The lowest BCUT2D eigenvalue weighted by atomic mass is 9.69. The second kappa shape index (κ2) is 5.50. The molecule has 0 bridgehead atoms. The van der Waals surface area contributed by atoms with Crippen LogP contribution in [0.25, 0.3) is 0 Å². The predicted octanol–water partition coefficient (Wildman–Crippen LogP) is 3.15. The van der Waals surface area contributed by atoms with Gasteiger partial charge in [0, 0.05) is 13.1 Å². The molecule has 0 aromatic rings. The van der Waals surface area contributed by atoms with Crippen LogP contribution >= 0.6 is 0 Å². The van der Waals surface area contributed by atoms with Crippen LogP contribution in [0.1, 0.15) is 53.4 Å². The van der Waals surface area contributed by atoms with E-state index in [0.29, 0.717) is 5.92 Å². The molecule has 1 saturated carbocycles. The Bertz CT molecular complexity index is 276. The summed E-state index contributed by atoms with van der Waals surface area (Å²) in [5.74, 6) is 2.18. The molecule has 18 heavy (non-hydrogen) atoms. The molecular formula is C16H31NO. The van der Waals surface area contributed by atoms with Crippen LogP contribution in [0.5, 0.6) is 0 Å². The molecule has 106 valence electrons. The summed E-state index contributed by atoms with van der Waals surface area (Å²) in [6, 6.07) is 0. The Labute approximate surface area is 113 Å². The highest BCUT2D eigenvalue weighted by molar-refractivity contribution is 4.90. The minimum absolute atomic E-state index is 0.110. The zero-order chi connectivity index (χ0) is 13.3. The Morgan fingerprint density at radius 1 is 1.17 bits per heavy atom. The SMILES string of the molecule is CC1CCN(CC2CCCC(C)(C)C2O)CC1C. The third-order valence-corrected chi connectivity index (χ3v) is 5.55. The lowest BCUT2D eigenvalue weighted by Gasteiger charge is -2.44. The lowest BCUT2D eigenvalue weighted by molar-refractivity contribution is -0.0476. The van der Waals surface area contributed by atoms with Crippen molar-refractivity contribution in [2.75, 3.05) is 19.6 Å². The highest BCUT2D eigenvalue weighted by Gasteiger charge is 2.38. The predicted molar refractivity (Wildman–Crippen MR) is 76.5 cm³/mol. The molecule has 4 atom stereocenters. The van der Waals surface area contributed by atoms with Gasteiger partial charge in [-0.15, -0.1) is 0 Å². The van der Waals surface area contributed by atoms with E-state index in [9.17, 15) is 5.11 Å². The summed E-state index contributed by atoms with van der Waals surface area (Å²) in [5.41, 5.74) is 0.123. The van der Waals surface area contributed by atoms with Crippen molar-refractivity contribution in [2.24, 2.45) is 23.2 Å². The van der Waals surface area contributed by atoms with Crippen LogP contribution in [0.3, 0.4) is 0 Å². The largest absolute Gasteiger partial charge is 0.392 e. The summed E-state index contributed by atoms with van der Waals surface area (Å²) in [6.07, 6.45) is 4.89. The Balaban J connectivity index is 1.89. The van der Waals surface area contributed by atoms with E-state index < -0.39 is 0 Å². The summed E-state index contributed by atoms with van der Waals surface area (Å²) < 4.78 is 0. The van der Waals surface area contributed by atoms with Crippen LogP contribution in [0, 0.1) is 23.2 Å². The van der Waals surface area contributed by atoms with E-state index >= 15 is 0 Å². The quantitative estimate of drug-likeness (QED) is 0.817. The third-order valence-electron chi connectivity index (χ3n) is 5.55. The zero-order valence-electron chi connectivity index (χ0n) is 12.7. The average molecular weight is 253 g/mol. The van der Waals surface area contributed by atoms with Crippen molar-refractivity contribution in [1.29, 1.82) is 0 Å². The fourth-order valence-corrected chi connectivity index (χ4v) is 3.80. The number of piperidine rings is 1.